The second-order valence-electron chi connectivity index (χ2n) is 4.00. The van der Waals surface area contributed by atoms with Crippen LogP contribution in [0.25, 0.3) is 0 Å². The SMILES string of the molecule is Cl.Cl.NCCNC(c1ccccc1)c1ccccc1. The van der Waals surface area contributed by atoms with Crippen LogP contribution in [0, 0.1) is 0 Å². The first-order valence-electron chi connectivity index (χ1n) is 5.95. The minimum atomic E-state index is 0. The number of hydrogen-bond donors (Lipinski definition) is 2. The predicted octanol–water partition coefficient (Wildman–Crippen LogP) is 3.17. The molecule has 2 aromatic carbocycles. The van der Waals surface area contributed by atoms with Gasteiger partial charge in [0.1, 0.15) is 0 Å². The summed E-state index contributed by atoms with van der Waals surface area (Å²) in [4.78, 5) is 0. The Balaban J connectivity index is 0.00000162. The van der Waals surface area contributed by atoms with Crippen molar-refractivity contribution in [3.05, 3.63) is 71.8 Å². The number of benzene rings is 2. The van der Waals surface area contributed by atoms with E-state index in [2.05, 4.69) is 53.8 Å². The molecule has 19 heavy (non-hydrogen) atoms. The van der Waals surface area contributed by atoms with Gasteiger partial charge in [-0.3, -0.25) is 0 Å². The average molecular weight is 299 g/mol. The summed E-state index contributed by atoms with van der Waals surface area (Å²) in [6, 6.07) is 21.1. The third kappa shape index (κ3) is 5.21. The van der Waals surface area contributed by atoms with Crippen LogP contribution >= 0.6 is 24.8 Å². The Morgan fingerprint density at radius 3 is 1.58 bits per heavy atom. The molecule has 0 unspecified atom stereocenters. The highest BCUT2D eigenvalue weighted by Gasteiger charge is 2.11. The molecule has 0 spiro atoms. The molecule has 4 heteroatoms. The van der Waals surface area contributed by atoms with Crippen LogP contribution in [-0.4, -0.2) is 13.1 Å². The molecule has 0 amide bonds. The van der Waals surface area contributed by atoms with Crippen LogP contribution in [0.2, 0.25) is 0 Å². The highest BCUT2D eigenvalue weighted by Crippen LogP contribution is 2.21. The smallest absolute Gasteiger partial charge is 0.0577 e. The lowest BCUT2D eigenvalue weighted by Gasteiger charge is -2.19. The molecule has 104 valence electrons. The van der Waals surface area contributed by atoms with Gasteiger partial charge in [-0.05, 0) is 11.1 Å². The van der Waals surface area contributed by atoms with E-state index >= 15 is 0 Å². The Kier molecular flexibility index (Phi) is 9.27. The molecule has 3 N–H and O–H groups in total. The monoisotopic (exact) mass is 298 g/mol. The van der Waals surface area contributed by atoms with Crippen molar-refractivity contribution >= 4 is 24.8 Å². The number of nitrogens with one attached hydrogen (secondary N) is 1. The molecule has 2 rings (SSSR count). The molecule has 0 aromatic heterocycles. The summed E-state index contributed by atoms with van der Waals surface area (Å²) in [5, 5.41) is 3.48. The third-order valence-electron chi connectivity index (χ3n) is 2.76. The van der Waals surface area contributed by atoms with Crippen molar-refractivity contribution in [1.29, 1.82) is 0 Å². The van der Waals surface area contributed by atoms with Crippen molar-refractivity contribution in [2.24, 2.45) is 5.73 Å². The summed E-state index contributed by atoms with van der Waals surface area (Å²) in [5.74, 6) is 0. The summed E-state index contributed by atoms with van der Waals surface area (Å²) in [5.41, 5.74) is 8.11. The molecule has 0 aliphatic rings. The highest BCUT2D eigenvalue weighted by molar-refractivity contribution is 5.85. The van der Waals surface area contributed by atoms with Crippen LogP contribution in [0.4, 0.5) is 0 Å². The minimum absolute atomic E-state index is 0. The minimum Gasteiger partial charge on any atom is -0.329 e. The molecule has 0 aliphatic heterocycles. The average Bonchev–Trinajstić information content (AvgIpc) is 2.42. The Labute approximate surface area is 127 Å². The lowest BCUT2D eigenvalue weighted by molar-refractivity contribution is 0.612. The van der Waals surface area contributed by atoms with Crippen LogP contribution in [0.15, 0.2) is 60.7 Å². The van der Waals surface area contributed by atoms with Crippen LogP contribution in [0.1, 0.15) is 17.2 Å². The van der Waals surface area contributed by atoms with Crippen molar-refractivity contribution in [2.75, 3.05) is 13.1 Å². The van der Waals surface area contributed by atoms with E-state index in [1.165, 1.54) is 11.1 Å². The van der Waals surface area contributed by atoms with Crippen molar-refractivity contribution in [3.63, 3.8) is 0 Å². The van der Waals surface area contributed by atoms with E-state index < -0.39 is 0 Å². The first-order chi connectivity index (χ1) is 8.42. The fraction of sp³-hybridized carbons (Fsp3) is 0.200. The van der Waals surface area contributed by atoms with Gasteiger partial charge >= 0.3 is 0 Å². The summed E-state index contributed by atoms with van der Waals surface area (Å²) >= 11 is 0. The molecule has 2 nitrogen and oxygen atoms in total. The first-order valence-corrected chi connectivity index (χ1v) is 5.95. The van der Waals surface area contributed by atoms with Gasteiger partial charge < -0.3 is 11.1 Å². The largest absolute Gasteiger partial charge is 0.329 e. The number of halogens is 2. The first kappa shape index (κ1) is 17.9. The second-order valence-corrected chi connectivity index (χ2v) is 4.00. The van der Waals surface area contributed by atoms with Crippen molar-refractivity contribution < 1.29 is 0 Å². The van der Waals surface area contributed by atoms with Gasteiger partial charge in [0.15, 0.2) is 0 Å². The maximum Gasteiger partial charge on any atom is 0.0577 e. The zero-order valence-corrected chi connectivity index (χ0v) is 12.3. The Morgan fingerprint density at radius 2 is 1.21 bits per heavy atom. The van der Waals surface area contributed by atoms with Gasteiger partial charge in [-0.1, -0.05) is 60.7 Å². The molecule has 0 radical (unpaired) electrons. The van der Waals surface area contributed by atoms with Crippen molar-refractivity contribution in [2.45, 2.75) is 6.04 Å². The van der Waals surface area contributed by atoms with E-state index in [0.29, 0.717) is 6.54 Å². The standard InChI is InChI=1S/C15H18N2.2ClH/c16-11-12-17-15(13-7-3-1-4-8-13)14-9-5-2-6-10-14;;/h1-10,15,17H,11-12,16H2;2*1H. The summed E-state index contributed by atoms with van der Waals surface area (Å²) < 4.78 is 0. The van der Waals surface area contributed by atoms with Crippen molar-refractivity contribution in [3.8, 4) is 0 Å². The maximum absolute atomic E-state index is 5.57. The second kappa shape index (κ2) is 9.82. The van der Waals surface area contributed by atoms with Crippen LogP contribution in [0.5, 0.6) is 0 Å². The molecule has 0 bridgehead atoms. The van der Waals surface area contributed by atoms with E-state index in [1.54, 1.807) is 0 Å². The zero-order valence-electron chi connectivity index (χ0n) is 10.7. The highest BCUT2D eigenvalue weighted by atomic mass is 35.5. The molecule has 0 heterocycles. The molecule has 0 fully saturated rings. The van der Waals surface area contributed by atoms with Gasteiger partial charge in [-0.15, -0.1) is 24.8 Å². The molecule has 2 aromatic rings. The van der Waals surface area contributed by atoms with E-state index in [4.69, 9.17) is 5.73 Å². The quantitative estimate of drug-likeness (QED) is 0.890. The predicted molar refractivity (Wildman–Crippen MR) is 86.3 cm³/mol. The zero-order chi connectivity index (χ0) is 11.9. The maximum atomic E-state index is 5.57. The molecular weight excluding hydrogens is 279 g/mol. The van der Waals surface area contributed by atoms with Gasteiger partial charge in [-0.25, -0.2) is 0 Å². The summed E-state index contributed by atoms with van der Waals surface area (Å²) in [7, 11) is 0. The van der Waals surface area contributed by atoms with E-state index in [9.17, 15) is 0 Å². The Bertz CT molecular complexity index is 395. The number of nitrogens with two attached hydrogens (primary N) is 1. The van der Waals surface area contributed by atoms with Gasteiger partial charge in [-0.2, -0.15) is 0 Å². The fourth-order valence-corrected chi connectivity index (χ4v) is 1.95. The third-order valence-corrected chi connectivity index (χ3v) is 2.76. The summed E-state index contributed by atoms with van der Waals surface area (Å²) in [6.07, 6.45) is 0. The summed E-state index contributed by atoms with van der Waals surface area (Å²) in [6.45, 7) is 1.46. The Hall–Kier alpha value is -1.06. The van der Waals surface area contributed by atoms with Crippen LogP contribution < -0.4 is 11.1 Å². The van der Waals surface area contributed by atoms with Gasteiger partial charge in [0.2, 0.25) is 0 Å². The van der Waals surface area contributed by atoms with Crippen molar-refractivity contribution in [1.82, 2.24) is 5.32 Å². The molecule has 0 atom stereocenters. The lowest BCUT2D eigenvalue weighted by atomic mass is 9.99. The van der Waals surface area contributed by atoms with Crippen LogP contribution in [0.3, 0.4) is 0 Å². The molecule has 0 saturated carbocycles. The lowest BCUT2D eigenvalue weighted by Crippen LogP contribution is -2.27. The van der Waals surface area contributed by atoms with E-state index in [1.807, 2.05) is 12.1 Å². The Morgan fingerprint density at radius 1 is 0.789 bits per heavy atom. The van der Waals surface area contributed by atoms with Crippen LogP contribution in [-0.2, 0) is 0 Å². The molecule has 0 saturated heterocycles. The molecule has 0 aliphatic carbocycles. The molecular formula is C15H20Cl2N2. The normalized spacial score (nSPS) is 9.58. The van der Waals surface area contributed by atoms with Gasteiger partial charge in [0.25, 0.3) is 0 Å². The van der Waals surface area contributed by atoms with Gasteiger partial charge in [0.05, 0.1) is 6.04 Å². The number of hydrogen-bond acceptors (Lipinski definition) is 2. The van der Waals surface area contributed by atoms with Gasteiger partial charge in [0, 0.05) is 13.1 Å². The topological polar surface area (TPSA) is 38.0 Å². The fourth-order valence-electron chi connectivity index (χ4n) is 1.95. The van der Waals surface area contributed by atoms with E-state index in [-0.39, 0.29) is 30.9 Å². The van der Waals surface area contributed by atoms with E-state index in [0.717, 1.165) is 6.54 Å². The number of rotatable bonds is 5.